The lowest BCUT2D eigenvalue weighted by molar-refractivity contribution is -0.129. The van der Waals surface area contributed by atoms with Gasteiger partial charge < -0.3 is 10.0 Å². The Balaban J connectivity index is 1.61. The standard InChI is InChI=1S/C14H14N6O2S/c1-20(13(22)5-10-2-3-11(21)6-15-10)7-12-4-9(8-23-12)14-16-18-19-17-14/h2-4,6,8,21H,5,7H2,1H3,(H,16,17,18,19). The normalized spacial score (nSPS) is 10.7. The second-order valence-corrected chi connectivity index (χ2v) is 5.97. The minimum Gasteiger partial charge on any atom is -0.506 e. The van der Waals surface area contributed by atoms with Crippen LogP contribution in [0.3, 0.4) is 0 Å². The zero-order valence-corrected chi connectivity index (χ0v) is 13.1. The summed E-state index contributed by atoms with van der Waals surface area (Å²) in [5.74, 6) is 0.578. The first-order valence-corrected chi connectivity index (χ1v) is 7.69. The van der Waals surface area contributed by atoms with Gasteiger partial charge in [0.1, 0.15) is 5.75 Å². The van der Waals surface area contributed by atoms with Gasteiger partial charge in [0.15, 0.2) is 0 Å². The monoisotopic (exact) mass is 330 g/mol. The summed E-state index contributed by atoms with van der Waals surface area (Å²) in [6, 6.07) is 5.10. The highest BCUT2D eigenvalue weighted by molar-refractivity contribution is 7.10. The van der Waals surface area contributed by atoms with Crippen LogP contribution >= 0.6 is 11.3 Å². The fraction of sp³-hybridized carbons (Fsp3) is 0.214. The molecule has 3 aromatic heterocycles. The molecule has 3 rings (SSSR count). The number of tetrazole rings is 1. The molecule has 0 spiro atoms. The first-order valence-electron chi connectivity index (χ1n) is 6.81. The Hall–Kier alpha value is -2.81. The van der Waals surface area contributed by atoms with Crippen molar-refractivity contribution in [2.75, 3.05) is 7.05 Å². The topological polar surface area (TPSA) is 108 Å². The van der Waals surface area contributed by atoms with E-state index in [9.17, 15) is 9.90 Å². The second kappa shape index (κ2) is 6.53. The number of H-pyrrole nitrogens is 1. The van der Waals surface area contributed by atoms with Crippen molar-refractivity contribution in [3.8, 4) is 17.1 Å². The molecule has 0 saturated heterocycles. The van der Waals surface area contributed by atoms with E-state index in [4.69, 9.17) is 0 Å². The summed E-state index contributed by atoms with van der Waals surface area (Å²) in [5.41, 5.74) is 1.50. The van der Waals surface area contributed by atoms with Gasteiger partial charge in [-0.1, -0.05) is 0 Å². The molecule has 8 nitrogen and oxygen atoms in total. The number of amides is 1. The number of hydrogen-bond donors (Lipinski definition) is 2. The van der Waals surface area contributed by atoms with Crippen LogP contribution in [0.2, 0.25) is 0 Å². The van der Waals surface area contributed by atoms with Crippen molar-refractivity contribution in [2.24, 2.45) is 0 Å². The number of nitrogens with one attached hydrogen (secondary N) is 1. The third-order valence-corrected chi connectivity index (χ3v) is 4.14. The van der Waals surface area contributed by atoms with E-state index in [-0.39, 0.29) is 18.1 Å². The number of carbonyl (C=O) groups is 1. The van der Waals surface area contributed by atoms with Gasteiger partial charge in [-0.3, -0.25) is 9.78 Å². The fourth-order valence-corrected chi connectivity index (χ4v) is 2.91. The predicted molar refractivity (Wildman–Crippen MR) is 83.6 cm³/mol. The van der Waals surface area contributed by atoms with E-state index < -0.39 is 0 Å². The lowest BCUT2D eigenvalue weighted by Crippen LogP contribution is -2.27. The average molecular weight is 330 g/mol. The first-order chi connectivity index (χ1) is 11.1. The largest absolute Gasteiger partial charge is 0.506 e. The summed E-state index contributed by atoms with van der Waals surface area (Å²) in [4.78, 5) is 18.9. The maximum Gasteiger partial charge on any atom is 0.228 e. The SMILES string of the molecule is CN(Cc1cc(-c2nn[nH]n2)cs1)C(=O)Cc1ccc(O)cn1. The van der Waals surface area contributed by atoms with E-state index >= 15 is 0 Å². The molecular formula is C14H14N6O2S. The van der Waals surface area contributed by atoms with Crippen LogP contribution in [0.1, 0.15) is 10.6 Å². The summed E-state index contributed by atoms with van der Waals surface area (Å²) in [5, 5.41) is 24.9. The zero-order chi connectivity index (χ0) is 16.2. The average Bonchev–Trinajstić information content (AvgIpc) is 3.20. The highest BCUT2D eigenvalue weighted by Gasteiger charge is 2.13. The number of aromatic nitrogens is 5. The van der Waals surface area contributed by atoms with Gasteiger partial charge in [0, 0.05) is 28.6 Å². The molecule has 0 unspecified atom stereocenters. The Kier molecular flexibility index (Phi) is 4.29. The number of aromatic hydroxyl groups is 1. The molecule has 3 heterocycles. The molecule has 0 aliphatic carbocycles. The van der Waals surface area contributed by atoms with Gasteiger partial charge in [0.25, 0.3) is 0 Å². The van der Waals surface area contributed by atoms with Crippen LogP contribution in [0.15, 0.2) is 29.8 Å². The Morgan fingerprint density at radius 3 is 3.00 bits per heavy atom. The van der Waals surface area contributed by atoms with Crippen molar-refractivity contribution >= 4 is 17.2 Å². The van der Waals surface area contributed by atoms with Gasteiger partial charge in [-0.2, -0.15) is 5.21 Å². The number of hydrogen-bond acceptors (Lipinski definition) is 7. The number of likely N-dealkylation sites (N-methyl/N-ethyl adjacent to an activating group) is 1. The Morgan fingerprint density at radius 2 is 2.30 bits per heavy atom. The lowest BCUT2D eigenvalue weighted by Gasteiger charge is -2.15. The van der Waals surface area contributed by atoms with Crippen molar-refractivity contribution < 1.29 is 9.90 Å². The maximum atomic E-state index is 12.2. The summed E-state index contributed by atoms with van der Waals surface area (Å²) in [7, 11) is 1.75. The molecule has 0 radical (unpaired) electrons. The molecular weight excluding hydrogens is 316 g/mol. The molecule has 3 aromatic rings. The van der Waals surface area contributed by atoms with Crippen molar-refractivity contribution in [3.05, 3.63) is 40.3 Å². The summed E-state index contributed by atoms with van der Waals surface area (Å²) >= 11 is 1.54. The maximum absolute atomic E-state index is 12.2. The Bertz CT molecular complexity index is 784. The lowest BCUT2D eigenvalue weighted by atomic mass is 10.2. The van der Waals surface area contributed by atoms with E-state index in [1.54, 1.807) is 18.0 Å². The molecule has 0 saturated carbocycles. The molecule has 2 N–H and O–H groups in total. The third-order valence-electron chi connectivity index (χ3n) is 3.22. The number of carbonyl (C=O) groups excluding carboxylic acids is 1. The highest BCUT2D eigenvalue weighted by Crippen LogP contribution is 2.23. The van der Waals surface area contributed by atoms with Gasteiger partial charge in [0.2, 0.25) is 11.7 Å². The molecule has 0 aliphatic rings. The van der Waals surface area contributed by atoms with Gasteiger partial charge in [-0.15, -0.1) is 21.5 Å². The van der Waals surface area contributed by atoms with Crippen LogP contribution in [-0.4, -0.2) is 48.6 Å². The molecule has 0 aromatic carbocycles. The first kappa shape index (κ1) is 15.1. The molecule has 118 valence electrons. The number of thiophene rings is 1. The molecule has 9 heteroatoms. The number of rotatable bonds is 5. The van der Waals surface area contributed by atoms with Crippen molar-refractivity contribution in [3.63, 3.8) is 0 Å². The van der Waals surface area contributed by atoms with Crippen molar-refractivity contribution in [1.82, 2.24) is 30.5 Å². The van der Waals surface area contributed by atoms with Crippen molar-refractivity contribution in [1.29, 1.82) is 0 Å². The van der Waals surface area contributed by atoms with Gasteiger partial charge in [-0.05, 0) is 23.4 Å². The molecule has 0 atom stereocenters. The Labute approximate surface area is 135 Å². The fourth-order valence-electron chi connectivity index (χ4n) is 2.00. The Morgan fingerprint density at radius 1 is 1.43 bits per heavy atom. The van der Waals surface area contributed by atoms with Gasteiger partial charge in [0.05, 0.1) is 19.2 Å². The molecule has 0 aliphatic heterocycles. The van der Waals surface area contributed by atoms with E-state index in [1.165, 1.54) is 23.6 Å². The number of nitrogens with zero attached hydrogens (tertiary/aromatic N) is 5. The summed E-state index contributed by atoms with van der Waals surface area (Å²) in [6.07, 6.45) is 1.53. The summed E-state index contributed by atoms with van der Waals surface area (Å²) < 4.78 is 0. The van der Waals surface area contributed by atoms with Crippen LogP contribution in [0.25, 0.3) is 11.4 Å². The summed E-state index contributed by atoms with van der Waals surface area (Å²) in [6.45, 7) is 0.499. The minimum absolute atomic E-state index is 0.0438. The van der Waals surface area contributed by atoms with Crippen LogP contribution in [0.4, 0.5) is 0 Å². The van der Waals surface area contributed by atoms with E-state index in [2.05, 4.69) is 25.6 Å². The van der Waals surface area contributed by atoms with Gasteiger partial charge >= 0.3 is 0 Å². The highest BCUT2D eigenvalue weighted by atomic mass is 32.1. The zero-order valence-electron chi connectivity index (χ0n) is 12.3. The van der Waals surface area contributed by atoms with Crippen LogP contribution in [0, 0.1) is 0 Å². The predicted octanol–water partition coefficient (Wildman–Crippen LogP) is 1.23. The second-order valence-electron chi connectivity index (χ2n) is 4.97. The smallest absolute Gasteiger partial charge is 0.228 e. The molecule has 0 bridgehead atoms. The van der Waals surface area contributed by atoms with Crippen molar-refractivity contribution in [2.45, 2.75) is 13.0 Å². The van der Waals surface area contributed by atoms with E-state index in [1.807, 2.05) is 11.4 Å². The van der Waals surface area contributed by atoms with E-state index in [0.29, 0.717) is 18.1 Å². The van der Waals surface area contributed by atoms with Crippen LogP contribution in [-0.2, 0) is 17.8 Å². The molecule has 1 amide bonds. The molecule has 0 fully saturated rings. The van der Waals surface area contributed by atoms with Crippen LogP contribution in [0.5, 0.6) is 5.75 Å². The third kappa shape index (κ3) is 3.69. The van der Waals surface area contributed by atoms with E-state index in [0.717, 1.165) is 10.4 Å². The molecule has 23 heavy (non-hydrogen) atoms. The number of pyridine rings is 1. The minimum atomic E-state index is -0.0438. The van der Waals surface area contributed by atoms with Crippen LogP contribution < -0.4 is 0 Å². The number of aromatic amines is 1. The van der Waals surface area contributed by atoms with Gasteiger partial charge in [-0.25, -0.2) is 0 Å². The quantitative estimate of drug-likeness (QED) is 0.728.